The van der Waals surface area contributed by atoms with Gasteiger partial charge < -0.3 is 9.67 Å². The topological polar surface area (TPSA) is 55.1 Å². The zero-order valence-corrected chi connectivity index (χ0v) is 6.32. The molecular weight excluding hydrogens is 144 g/mol. The Labute approximate surface area is 64.5 Å². The summed E-state index contributed by atoms with van der Waals surface area (Å²) in [5.41, 5.74) is 0. The lowest BCUT2D eigenvalue weighted by Crippen LogP contribution is -2.08. The van der Waals surface area contributed by atoms with Crippen LogP contribution in [0.4, 0.5) is 0 Å². The maximum absolute atomic E-state index is 10.5. The van der Waals surface area contributed by atoms with Crippen molar-refractivity contribution < 1.29 is 9.90 Å². The molecule has 0 aromatic carbocycles. The number of hydrogen-bond donors (Lipinski definition) is 1. The van der Waals surface area contributed by atoms with E-state index in [2.05, 4.69) is 4.98 Å². The van der Waals surface area contributed by atoms with Crippen LogP contribution in [0.2, 0.25) is 0 Å². The Morgan fingerprint density at radius 2 is 2.55 bits per heavy atom. The molecule has 0 atom stereocenters. The monoisotopic (exact) mass is 154 g/mol. The van der Waals surface area contributed by atoms with Crippen molar-refractivity contribution in [1.82, 2.24) is 9.55 Å². The van der Waals surface area contributed by atoms with Crippen LogP contribution >= 0.6 is 0 Å². The molecule has 1 rings (SSSR count). The number of aromatic carboxylic acids is 1. The number of aromatic nitrogens is 2. The van der Waals surface area contributed by atoms with Crippen LogP contribution in [0.5, 0.6) is 0 Å². The van der Waals surface area contributed by atoms with E-state index in [1.165, 1.54) is 6.20 Å². The fraction of sp³-hybridized carbons (Fsp3) is 0.429. The number of carboxylic acid groups (broad SMARTS) is 1. The van der Waals surface area contributed by atoms with Gasteiger partial charge in [0.1, 0.15) is 0 Å². The van der Waals surface area contributed by atoms with Gasteiger partial charge in [0, 0.05) is 18.9 Å². The van der Waals surface area contributed by atoms with E-state index in [1.807, 2.05) is 6.92 Å². The van der Waals surface area contributed by atoms with Crippen LogP contribution in [-0.4, -0.2) is 20.6 Å². The van der Waals surface area contributed by atoms with Gasteiger partial charge in [-0.3, -0.25) is 0 Å². The SMILES string of the molecule is CCCn1ccnc1C(=O)O. The molecule has 4 nitrogen and oxygen atoms in total. The fourth-order valence-corrected chi connectivity index (χ4v) is 0.929. The summed E-state index contributed by atoms with van der Waals surface area (Å²) in [7, 11) is 0. The average Bonchev–Trinajstić information content (AvgIpc) is 2.36. The van der Waals surface area contributed by atoms with Gasteiger partial charge in [0.25, 0.3) is 0 Å². The van der Waals surface area contributed by atoms with Crippen molar-refractivity contribution in [2.24, 2.45) is 0 Å². The normalized spacial score (nSPS) is 9.91. The van der Waals surface area contributed by atoms with Crippen LogP contribution in [0.25, 0.3) is 0 Å². The average molecular weight is 154 g/mol. The molecule has 0 amide bonds. The highest BCUT2D eigenvalue weighted by Crippen LogP contribution is 1.98. The van der Waals surface area contributed by atoms with Crippen LogP contribution in [0.3, 0.4) is 0 Å². The second-order valence-electron chi connectivity index (χ2n) is 2.25. The molecule has 0 saturated heterocycles. The molecular formula is C7H10N2O2. The van der Waals surface area contributed by atoms with Crippen molar-refractivity contribution in [2.75, 3.05) is 0 Å². The van der Waals surface area contributed by atoms with Gasteiger partial charge >= 0.3 is 5.97 Å². The van der Waals surface area contributed by atoms with Crippen molar-refractivity contribution in [3.05, 3.63) is 18.2 Å². The molecule has 4 heteroatoms. The first-order valence-electron chi connectivity index (χ1n) is 3.50. The zero-order valence-electron chi connectivity index (χ0n) is 6.32. The van der Waals surface area contributed by atoms with Crippen molar-refractivity contribution in [2.45, 2.75) is 19.9 Å². The Morgan fingerprint density at radius 3 is 3.09 bits per heavy atom. The van der Waals surface area contributed by atoms with Crippen molar-refractivity contribution in [1.29, 1.82) is 0 Å². The number of carboxylic acids is 1. The smallest absolute Gasteiger partial charge is 0.372 e. The second kappa shape index (κ2) is 3.18. The van der Waals surface area contributed by atoms with Crippen LogP contribution in [-0.2, 0) is 6.54 Å². The van der Waals surface area contributed by atoms with Crippen molar-refractivity contribution in [3.8, 4) is 0 Å². The van der Waals surface area contributed by atoms with Gasteiger partial charge in [0.2, 0.25) is 5.82 Å². The first-order valence-corrected chi connectivity index (χ1v) is 3.50. The fourth-order valence-electron chi connectivity index (χ4n) is 0.929. The third-order valence-electron chi connectivity index (χ3n) is 1.37. The molecule has 0 radical (unpaired) electrons. The van der Waals surface area contributed by atoms with Crippen LogP contribution in [0, 0.1) is 0 Å². The van der Waals surface area contributed by atoms with E-state index in [4.69, 9.17) is 5.11 Å². The first kappa shape index (κ1) is 7.78. The maximum Gasteiger partial charge on any atom is 0.372 e. The highest BCUT2D eigenvalue weighted by molar-refractivity contribution is 5.83. The second-order valence-corrected chi connectivity index (χ2v) is 2.25. The number of aryl methyl sites for hydroxylation is 1. The highest BCUT2D eigenvalue weighted by atomic mass is 16.4. The zero-order chi connectivity index (χ0) is 8.27. The van der Waals surface area contributed by atoms with Gasteiger partial charge in [-0.25, -0.2) is 9.78 Å². The summed E-state index contributed by atoms with van der Waals surface area (Å²) in [5, 5.41) is 8.60. The Bertz CT molecular complexity index is 255. The number of hydrogen-bond acceptors (Lipinski definition) is 2. The number of rotatable bonds is 3. The maximum atomic E-state index is 10.5. The van der Waals surface area contributed by atoms with Crippen molar-refractivity contribution >= 4 is 5.97 Å². The van der Waals surface area contributed by atoms with E-state index in [0.29, 0.717) is 6.54 Å². The summed E-state index contributed by atoms with van der Waals surface area (Å²) in [6.45, 7) is 2.70. The van der Waals surface area contributed by atoms with Crippen LogP contribution in [0.1, 0.15) is 24.0 Å². The third kappa shape index (κ3) is 1.58. The van der Waals surface area contributed by atoms with Gasteiger partial charge in [-0.05, 0) is 6.42 Å². The summed E-state index contributed by atoms with van der Waals surface area (Å²) in [4.78, 5) is 14.2. The minimum absolute atomic E-state index is 0.117. The molecule has 1 aromatic heterocycles. The van der Waals surface area contributed by atoms with Crippen LogP contribution in [0.15, 0.2) is 12.4 Å². The van der Waals surface area contributed by atoms with E-state index in [0.717, 1.165) is 6.42 Å². The summed E-state index contributed by atoms with van der Waals surface area (Å²) >= 11 is 0. The molecule has 1 aromatic rings. The van der Waals surface area contributed by atoms with Crippen molar-refractivity contribution in [3.63, 3.8) is 0 Å². The molecule has 0 unspecified atom stereocenters. The molecule has 60 valence electrons. The van der Waals surface area contributed by atoms with E-state index in [1.54, 1.807) is 10.8 Å². The van der Waals surface area contributed by atoms with Gasteiger partial charge in [0.05, 0.1) is 0 Å². The highest BCUT2D eigenvalue weighted by Gasteiger charge is 2.08. The predicted molar refractivity (Wildman–Crippen MR) is 39.5 cm³/mol. The lowest BCUT2D eigenvalue weighted by molar-refractivity contribution is 0.0678. The molecule has 0 fully saturated rings. The first-order chi connectivity index (χ1) is 5.25. The number of nitrogens with zero attached hydrogens (tertiary/aromatic N) is 2. The molecule has 1 N–H and O–H groups in total. The molecule has 0 bridgehead atoms. The van der Waals surface area contributed by atoms with Gasteiger partial charge in [-0.15, -0.1) is 0 Å². The summed E-state index contributed by atoms with van der Waals surface area (Å²) in [6, 6.07) is 0. The number of carbonyl (C=O) groups is 1. The van der Waals surface area contributed by atoms with E-state index in [-0.39, 0.29) is 5.82 Å². The molecule has 0 aliphatic heterocycles. The lowest BCUT2D eigenvalue weighted by Gasteiger charge is -2.00. The lowest BCUT2D eigenvalue weighted by atomic mass is 10.4. The van der Waals surface area contributed by atoms with Gasteiger partial charge in [-0.2, -0.15) is 0 Å². The molecule has 1 heterocycles. The standard InChI is InChI=1S/C7H10N2O2/c1-2-4-9-5-3-8-6(9)7(10)11/h3,5H,2,4H2,1H3,(H,10,11). The third-order valence-corrected chi connectivity index (χ3v) is 1.37. The predicted octanol–water partition coefficient (Wildman–Crippen LogP) is 0.991. The number of imidazole rings is 1. The van der Waals surface area contributed by atoms with E-state index in [9.17, 15) is 4.79 Å². The Kier molecular flexibility index (Phi) is 2.25. The molecule has 0 saturated carbocycles. The molecule has 11 heavy (non-hydrogen) atoms. The Balaban J connectivity index is 2.87. The summed E-state index contributed by atoms with van der Waals surface area (Å²) in [6.07, 6.45) is 4.09. The summed E-state index contributed by atoms with van der Waals surface area (Å²) in [5.74, 6) is -0.852. The van der Waals surface area contributed by atoms with E-state index < -0.39 is 5.97 Å². The molecule has 0 spiro atoms. The minimum atomic E-state index is -0.969. The molecule has 0 aliphatic carbocycles. The minimum Gasteiger partial charge on any atom is -0.475 e. The van der Waals surface area contributed by atoms with Crippen LogP contribution < -0.4 is 0 Å². The Hall–Kier alpha value is -1.32. The Morgan fingerprint density at radius 1 is 1.82 bits per heavy atom. The summed E-state index contributed by atoms with van der Waals surface area (Å²) < 4.78 is 1.63. The van der Waals surface area contributed by atoms with Gasteiger partial charge in [0.15, 0.2) is 0 Å². The molecule has 0 aliphatic rings. The quantitative estimate of drug-likeness (QED) is 0.706. The largest absolute Gasteiger partial charge is 0.475 e. The van der Waals surface area contributed by atoms with Gasteiger partial charge in [-0.1, -0.05) is 6.92 Å². The van der Waals surface area contributed by atoms with E-state index >= 15 is 0 Å².